The maximum Gasteiger partial charge on any atom is 0.234 e. The van der Waals surface area contributed by atoms with Gasteiger partial charge in [0, 0.05) is 31.2 Å². The van der Waals surface area contributed by atoms with Crippen molar-refractivity contribution >= 4 is 5.91 Å². The Labute approximate surface area is 105 Å². The Bertz CT molecular complexity index is 245. The third-order valence-corrected chi connectivity index (χ3v) is 3.39. The van der Waals surface area contributed by atoms with E-state index in [0.717, 1.165) is 13.1 Å². The quantitative estimate of drug-likeness (QED) is 0.766. The molecular formula is C13H27N3O. The van der Waals surface area contributed by atoms with Gasteiger partial charge in [-0.2, -0.15) is 0 Å². The molecule has 3 atom stereocenters. The highest BCUT2D eigenvalue weighted by Crippen LogP contribution is 2.04. The van der Waals surface area contributed by atoms with Crippen LogP contribution >= 0.6 is 0 Å². The minimum atomic E-state index is 0.146. The lowest BCUT2D eigenvalue weighted by molar-refractivity contribution is -0.123. The molecule has 1 heterocycles. The summed E-state index contributed by atoms with van der Waals surface area (Å²) in [6.45, 7) is 13.1. The van der Waals surface area contributed by atoms with E-state index in [1.165, 1.54) is 0 Å². The molecule has 1 saturated heterocycles. The van der Waals surface area contributed by atoms with Gasteiger partial charge in [0.1, 0.15) is 0 Å². The first-order chi connectivity index (χ1) is 7.88. The maximum absolute atomic E-state index is 11.9. The van der Waals surface area contributed by atoms with E-state index in [2.05, 4.69) is 50.2 Å². The van der Waals surface area contributed by atoms with E-state index in [1.807, 2.05) is 0 Å². The van der Waals surface area contributed by atoms with Crippen LogP contribution < -0.4 is 10.6 Å². The van der Waals surface area contributed by atoms with Crippen LogP contribution in [0, 0.1) is 5.92 Å². The fraction of sp³-hybridized carbons (Fsp3) is 0.923. The van der Waals surface area contributed by atoms with E-state index >= 15 is 0 Å². The van der Waals surface area contributed by atoms with Gasteiger partial charge in [0.2, 0.25) is 5.91 Å². The molecule has 0 aliphatic carbocycles. The zero-order valence-electron chi connectivity index (χ0n) is 11.8. The number of piperazine rings is 1. The summed E-state index contributed by atoms with van der Waals surface area (Å²) in [7, 11) is 0. The SMILES string of the molecule is CC1CN(CC(=O)NC(C)C(C)C)CC(C)N1. The lowest BCUT2D eigenvalue weighted by Gasteiger charge is -2.35. The molecule has 2 N–H and O–H groups in total. The van der Waals surface area contributed by atoms with Crippen LogP contribution in [0.15, 0.2) is 0 Å². The number of hydrogen-bond donors (Lipinski definition) is 2. The summed E-state index contributed by atoms with van der Waals surface area (Å²) in [5, 5.41) is 6.52. The molecule has 1 amide bonds. The van der Waals surface area contributed by atoms with Crippen LogP contribution in [0.1, 0.15) is 34.6 Å². The van der Waals surface area contributed by atoms with Crippen molar-refractivity contribution in [3.63, 3.8) is 0 Å². The number of carbonyl (C=O) groups excluding carboxylic acids is 1. The molecule has 1 aliphatic rings. The third-order valence-electron chi connectivity index (χ3n) is 3.39. The van der Waals surface area contributed by atoms with Crippen LogP contribution in [0.2, 0.25) is 0 Å². The highest BCUT2D eigenvalue weighted by atomic mass is 16.2. The summed E-state index contributed by atoms with van der Waals surface area (Å²) in [5.74, 6) is 0.632. The Kier molecular flexibility index (Phi) is 5.40. The first-order valence-electron chi connectivity index (χ1n) is 6.66. The fourth-order valence-electron chi connectivity index (χ4n) is 2.24. The third kappa shape index (κ3) is 5.04. The molecule has 4 nitrogen and oxygen atoms in total. The topological polar surface area (TPSA) is 44.4 Å². The van der Waals surface area contributed by atoms with Gasteiger partial charge in [-0.15, -0.1) is 0 Å². The van der Waals surface area contributed by atoms with Gasteiger partial charge in [0.15, 0.2) is 0 Å². The molecule has 1 aliphatic heterocycles. The lowest BCUT2D eigenvalue weighted by Crippen LogP contribution is -2.56. The van der Waals surface area contributed by atoms with Gasteiger partial charge in [0.05, 0.1) is 6.54 Å². The number of hydrogen-bond acceptors (Lipinski definition) is 3. The van der Waals surface area contributed by atoms with E-state index in [0.29, 0.717) is 24.5 Å². The van der Waals surface area contributed by atoms with Gasteiger partial charge in [-0.25, -0.2) is 0 Å². The molecule has 0 spiro atoms. The van der Waals surface area contributed by atoms with Crippen molar-refractivity contribution in [3.8, 4) is 0 Å². The minimum Gasteiger partial charge on any atom is -0.352 e. The molecule has 1 rings (SSSR count). The first kappa shape index (κ1) is 14.5. The summed E-state index contributed by atoms with van der Waals surface area (Å²) >= 11 is 0. The van der Waals surface area contributed by atoms with Crippen molar-refractivity contribution in [2.45, 2.75) is 52.7 Å². The lowest BCUT2D eigenvalue weighted by atomic mass is 10.1. The van der Waals surface area contributed by atoms with Crippen LogP contribution in [-0.4, -0.2) is 48.6 Å². The van der Waals surface area contributed by atoms with E-state index in [9.17, 15) is 4.79 Å². The normalized spacial score (nSPS) is 28.1. The van der Waals surface area contributed by atoms with E-state index in [4.69, 9.17) is 0 Å². The van der Waals surface area contributed by atoms with E-state index < -0.39 is 0 Å². The Hall–Kier alpha value is -0.610. The smallest absolute Gasteiger partial charge is 0.234 e. The zero-order chi connectivity index (χ0) is 13.0. The fourth-order valence-corrected chi connectivity index (χ4v) is 2.24. The highest BCUT2D eigenvalue weighted by molar-refractivity contribution is 5.78. The molecule has 0 aromatic heterocycles. The van der Waals surface area contributed by atoms with Crippen molar-refractivity contribution in [1.82, 2.24) is 15.5 Å². The van der Waals surface area contributed by atoms with Crippen molar-refractivity contribution in [2.24, 2.45) is 5.92 Å². The summed E-state index contributed by atoms with van der Waals surface area (Å²) in [4.78, 5) is 14.1. The molecule has 0 saturated carbocycles. The Morgan fingerprint density at radius 2 is 1.82 bits per heavy atom. The van der Waals surface area contributed by atoms with Crippen LogP contribution in [0.4, 0.5) is 0 Å². The Morgan fingerprint density at radius 1 is 1.29 bits per heavy atom. The van der Waals surface area contributed by atoms with Crippen molar-refractivity contribution < 1.29 is 4.79 Å². The van der Waals surface area contributed by atoms with Crippen LogP contribution in [0.5, 0.6) is 0 Å². The van der Waals surface area contributed by atoms with Gasteiger partial charge in [-0.3, -0.25) is 9.69 Å². The predicted molar refractivity (Wildman–Crippen MR) is 70.9 cm³/mol. The molecule has 0 aromatic carbocycles. The van der Waals surface area contributed by atoms with Gasteiger partial charge in [-0.05, 0) is 26.7 Å². The van der Waals surface area contributed by atoms with Crippen molar-refractivity contribution in [2.75, 3.05) is 19.6 Å². The molecule has 0 bridgehead atoms. The average Bonchev–Trinajstić information content (AvgIpc) is 2.14. The Balaban J connectivity index is 2.35. The summed E-state index contributed by atoms with van der Waals surface area (Å²) in [5.41, 5.74) is 0. The monoisotopic (exact) mass is 241 g/mol. The van der Waals surface area contributed by atoms with Gasteiger partial charge in [0.25, 0.3) is 0 Å². The second-order valence-electron chi connectivity index (χ2n) is 5.76. The van der Waals surface area contributed by atoms with Crippen LogP contribution in [0.3, 0.4) is 0 Å². The summed E-state index contributed by atoms with van der Waals surface area (Å²) in [6.07, 6.45) is 0. The van der Waals surface area contributed by atoms with Gasteiger partial charge < -0.3 is 10.6 Å². The molecule has 4 heteroatoms. The van der Waals surface area contributed by atoms with Crippen molar-refractivity contribution in [3.05, 3.63) is 0 Å². The van der Waals surface area contributed by atoms with E-state index in [1.54, 1.807) is 0 Å². The standard InChI is InChI=1S/C13H27N3O/c1-9(2)12(5)15-13(17)8-16-6-10(3)14-11(4)7-16/h9-12,14H,6-8H2,1-5H3,(H,15,17). The second kappa shape index (κ2) is 6.36. The largest absolute Gasteiger partial charge is 0.352 e. The molecular weight excluding hydrogens is 214 g/mol. The van der Waals surface area contributed by atoms with Crippen LogP contribution in [-0.2, 0) is 4.79 Å². The number of carbonyl (C=O) groups is 1. The Morgan fingerprint density at radius 3 is 2.29 bits per heavy atom. The number of rotatable bonds is 4. The minimum absolute atomic E-state index is 0.146. The van der Waals surface area contributed by atoms with Gasteiger partial charge in [-0.1, -0.05) is 13.8 Å². The molecule has 100 valence electrons. The highest BCUT2D eigenvalue weighted by Gasteiger charge is 2.23. The molecule has 17 heavy (non-hydrogen) atoms. The average molecular weight is 241 g/mol. The number of nitrogens with zero attached hydrogens (tertiary/aromatic N) is 1. The van der Waals surface area contributed by atoms with Crippen LogP contribution in [0.25, 0.3) is 0 Å². The summed E-state index contributed by atoms with van der Waals surface area (Å²) in [6, 6.07) is 1.18. The van der Waals surface area contributed by atoms with E-state index in [-0.39, 0.29) is 11.9 Å². The zero-order valence-corrected chi connectivity index (χ0v) is 11.8. The first-order valence-corrected chi connectivity index (χ1v) is 6.66. The number of amides is 1. The number of nitrogens with one attached hydrogen (secondary N) is 2. The maximum atomic E-state index is 11.9. The molecule has 0 radical (unpaired) electrons. The van der Waals surface area contributed by atoms with Gasteiger partial charge >= 0.3 is 0 Å². The second-order valence-corrected chi connectivity index (χ2v) is 5.76. The van der Waals surface area contributed by atoms with Crippen molar-refractivity contribution in [1.29, 1.82) is 0 Å². The predicted octanol–water partition coefficient (Wildman–Crippen LogP) is 0.829. The molecule has 0 aromatic rings. The molecule has 3 unspecified atom stereocenters. The summed E-state index contributed by atoms with van der Waals surface area (Å²) < 4.78 is 0. The molecule has 1 fully saturated rings.